The monoisotopic (exact) mass is 387 g/mol. The highest BCUT2D eigenvalue weighted by Crippen LogP contribution is 2.01. The van der Waals surface area contributed by atoms with Crippen molar-refractivity contribution in [2.45, 2.75) is 71.0 Å². The summed E-state index contributed by atoms with van der Waals surface area (Å²) in [4.78, 5) is 34.6. The number of hydrogen-bond acceptors (Lipinski definition) is 6. The van der Waals surface area contributed by atoms with E-state index in [4.69, 9.17) is 10.8 Å². The maximum Gasteiger partial charge on any atom is 0.303 e. The third-order valence-corrected chi connectivity index (χ3v) is 4.12. The molecule has 9 heteroatoms. The Morgan fingerprint density at radius 3 is 2.22 bits per heavy atom. The molecule has 0 radical (unpaired) electrons. The number of nitrogens with two attached hydrogens (primary N) is 1. The molecule has 0 aliphatic heterocycles. The molecule has 27 heavy (non-hydrogen) atoms. The van der Waals surface area contributed by atoms with Crippen LogP contribution in [0.1, 0.15) is 52.9 Å². The van der Waals surface area contributed by atoms with Gasteiger partial charge in [-0.05, 0) is 26.3 Å². The van der Waals surface area contributed by atoms with E-state index in [-0.39, 0.29) is 43.9 Å². The molecule has 0 aromatic heterocycles. The summed E-state index contributed by atoms with van der Waals surface area (Å²) < 4.78 is 0. The quantitative estimate of drug-likeness (QED) is 0.197. The Kier molecular flexibility index (Phi) is 14.4. The molecular formula is C18H37N5O4. The second-order valence-electron chi connectivity index (χ2n) is 6.69. The SMILES string of the molecule is CCCCC(C)N[C@@H](CNCC)C(=O)NCCNC(=O)[C@@H](N)CCC(=O)O. The van der Waals surface area contributed by atoms with Gasteiger partial charge in [0.25, 0.3) is 0 Å². The summed E-state index contributed by atoms with van der Waals surface area (Å²) in [5, 5.41) is 20.5. The van der Waals surface area contributed by atoms with Crippen molar-refractivity contribution in [3.63, 3.8) is 0 Å². The maximum atomic E-state index is 12.4. The van der Waals surface area contributed by atoms with Crippen LogP contribution in [-0.4, -0.2) is 67.2 Å². The normalized spacial score (nSPS) is 14.2. The van der Waals surface area contributed by atoms with Gasteiger partial charge >= 0.3 is 5.97 Å². The minimum absolute atomic E-state index is 0.0812. The molecule has 2 amide bonds. The summed E-state index contributed by atoms with van der Waals surface area (Å²) >= 11 is 0. The van der Waals surface area contributed by atoms with Gasteiger partial charge in [0.2, 0.25) is 11.8 Å². The highest BCUT2D eigenvalue weighted by Gasteiger charge is 2.20. The summed E-state index contributed by atoms with van der Waals surface area (Å²) in [6.45, 7) is 8.02. The van der Waals surface area contributed by atoms with Crippen LogP contribution in [0.5, 0.6) is 0 Å². The van der Waals surface area contributed by atoms with E-state index in [0.29, 0.717) is 6.54 Å². The van der Waals surface area contributed by atoms with Gasteiger partial charge in [-0.3, -0.25) is 14.4 Å². The molecule has 0 aromatic carbocycles. The molecule has 0 aromatic rings. The predicted octanol–water partition coefficient (Wildman–Crippen LogP) is -0.443. The van der Waals surface area contributed by atoms with E-state index in [1.807, 2.05) is 6.92 Å². The Morgan fingerprint density at radius 2 is 1.67 bits per heavy atom. The average molecular weight is 388 g/mol. The van der Waals surface area contributed by atoms with Gasteiger partial charge in [-0.25, -0.2) is 0 Å². The topological polar surface area (TPSA) is 146 Å². The van der Waals surface area contributed by atoms with Gasteiger partial charge in [0.05, 0.1) is 12.1 Å². The van der Waals surface area contributed by atoms with Crippen LogP contribution < -0.4 is 27.0 Å². The fourth-order valence-corrected chi connectivity index (χ4v) is 2.49. The zero-order valence-corrected chi connectivity index (χ0v) is 16.8. The van der Waals surface area contributed by atoms with E-state index in [1.165, 1.54) is 0 Å². The number of carbonyl (C=O) groups is 3. The molecule has 0 saturated carbocycles. The van der Waals surface area contributed by atoms with Crippen molar-refractivity contribution >= 4 is 17.8 Å². The van der Waals surface area contributed by atoms with Gasteiger partial charge in [-0.15, -0.1) is 0 Å². The minimum atomic E-state index is -0.988. The molecule has 0 rings (SSSR count). The molecule has 0 bridgehead atoms. The fraction of sp³-hybridized carbons (Fsp3) is 0.833. The highest BCUT2D eigenvalue weighted by atomic mass is 16.4. The van der Waals surface area contributed by atoms with Crippen LogP contribution in [0.25, 0.3) is 0 Å². The fourth-order valence-electron chi connectivity index (χ4n) is 2.49. The second kappa shape index (κ2) is 15.4. The van der Waals surface area contributed by atoms with Gasteiger partial charge in [-0.2, -0.15) is 0 Å². The molecular weight excluding hydrogens is 350 g/mol. The number of hydrogen-bond donors (Lipinski definition) is 6. The van der Waals surface area contributed by atoms with Crippen molar-refractivity contribution in [3.8, 4) is 0 Å². The number of amides is 2. The first-order valence-corrected chi connectivity index (χ1v) is 9.81. The Hall–Kier alpha value is -1.71. The van der Waals surface area contributed by atoms with Gasteiger partial charge < -0.3 is 32.1 Å². The summed E-state index contributed by atoms with van der Waals surface area (Å²) in [7, 11) is 0. The number of carboxylic acid groups (broad SMARTS) is 1. The van der Waals surface area contributed by atoms with Crippen molar-refractivity contribution < 1.29 is 19.5 Å². The lowest BCUT2D eigenvalue weighted by Crippen LogP contribution is -2.53. The Bertz CT molecular complexity index is 447. The van der Waals surface area contributed by atoms with Crippen molar-refractivity contribution in [2.75, 3.05) is 26.2 Å². The lowest BCUT2D eigenvalue weighted by molar-refractivity contribution is -0.137. The smallest absolute Gasteiger partial charge is 0.303 e. The number of aliphatic carboxylic acids is 1. The summed E-state index contributed by atoms with van der Waals surface area (Å²) in [5.41, 5.74) is 5.62. The van der Waals surface area contributed by atoms with Gasteiger partial charge in [0.1, 0.15) is 0 Å². The van der Waals surface area contributed by atoms with Gasteiger partial charge in [-0.1, -0.05) is 26.7 Å². The highest BCUT2D eigenvalue weighted by molar-refractivity contribution is 5.83. The van der Waals surface area contributed by atoms with E-state index in [2.05, 4.69) is 35.1 Å². The van der Waals surface area contributed by atoms with E-state index in [9.17, 15) is 14.4 Å². The van der Waals surface area contributed by atoms with Crippen LogP contribution in [0, 0.1) is 0 Å². The van der Waals surface area contributed by atoms with Crippen molar-refractivity contribution in [1.29, 1.82) is 0 Å². The van der Waals surface area contributed by atoms with Crippen LogP contribution in [0.2, 0.25) is 0 Å². The lowest BCUT2D eigenvalue weighted by atomic mass is 10.1. The third-order valence-electron chi connectivity index (χ3n) is 4.12. The van der Waals surface area contributed by atoms with Crippen molar-refractivity contribution in [2.24, 2.45) is 5.73 Å². The molecule has 1 unspecified atom stereocenters. The summed E-state index contributed by atoms with van der Waals surface area (Å²) in [5.74, 6) is -1.53. The molecule has 3 atom stereocenters. The molecule has 0 fully saturated rings. The predicted molar refractivity (Wildman–Crippen MR) is 105 cm³/mol. The molecule has 0 spiro atoms. The van der Waals surface area contributed by atoms with E-state index in [0.717, 1.165) is 25.8 Å². The van der Waals surface area contributed by atoms with Crippen LogP contribution in [-0.2, 0) is 14.4 Å². The largest absolute Gasteiger partial charge is 0.481 e. The number of nitrogens with one attached hydrogen (secondary N) is 4. The minimum Gasteiger partial charge on any atom is -0.481 e. The number of carbonyl (C=O) groups excluding carboxylic acids is 2. The zero-order valence-electron chi connectivity index (χ0n) is 16.8. The van der Waals surface area contributed by atoms with E-state index >= 15 is 0 Å². The second-order valence-corrected chi connectivity index (χ2v) is 6.69. The molecule has 0 heterocycles. The van der Waals surface area contributed by atoms with Crippen LogP contribution in [0.3, 0.4) is 0 Å². The maximum absolute atomic E-state index is 12.4. The van der Waals surface area contributed by atoms with Crippen molar-refractivity contribution in [1.82, 2.24) is 21.3 Å². The first kappa shape index (κ1) is 25.3. The average Bonchev–Trinajstić information content (AvgIpc) is 2.64. The lowest BCUT2D eigenvalue weighted by Gasteiger charge is -2.23. The zero-order chi connectivity index (χ0) is 20.7. The number of carboxylic acids is 1. The van der Waals surface area contributed by atoms with Crippen LogP contribution in [0.15, 0.2) is 0 Å². The standard InChI is InChI=1S/C18H37N5O4/c1-4-6-7-13(3)23-15(12-20-5-2)18(27)22-11-10-21-17(26)14(19)8-9-16(24)25/h13-15,20,23H,4-12,19H2,1-3H3,(H,21,26)(H,22,27)(H,24,25)/t13?,14-,15-/m0/s1. The molecule has 0 aliphatic carbocycles. The van der Waals surface area contributed by atoms with Gasteiger partial charge in [0, 0.05) is 32.1 Å². The summed E-state index contributed by atoms with van der Waals surface area (Å²) in [6, 6.07) is -0.962. The van der Waals surface area contributed by atoms with Gasteiger partial charge in [0.15, 0.2) is 0 Å². The van der Waals surface area contributed by atoms with Crippen LogP contribution >= 0.6 is 0 Å². The molecule has 0 saturated heterocycles. The van der Waals surface area contributed by atoms with E-state index < -0.39 is 17.9 Å². The summed E-state index contributed by atoms with van der Waals surface area (Å²) in [6.07, 6.45) is 3.16. The Labute approximate surface area is 162 Å². The first-order chi connectivity index (χ1) is 12.8. The number of unbranched alkanes of at least 4 members (excludes halogenated alkanes) is 1. The molecule has 9 nitrogen and oxygen atoms in total. The Morgan fingerprint density at radius 1 is 1.04 bits per heavy atom. The van der Waals surface area contributed by atoms with E-state index in [1.54, 1.807) is 0 Å². The molecule has 0 aliphatic rings. The molecule has 158 valence electrons. The first-order valence-electron chi connectivity index (χ1n) is 9.81. The number of likely N-dealkylation sites (N-methyl/N-ethyl adjacent to an activating group) is 1. The van der Waals surface area contributed by atoms with Crippen molar-refractivity contribution in [3.05, 3.63) is 0 Å². The number of rotatable bonds is 16. The molecule has 7 N–H and O–H groups in total. The third kappa shape index (κ3) is 13.2. The Balaban J connectivity index is 4.23. The van der Waals surface area contributed by atoms with Crippen LogP contribution in [0.4, 0.5) is 0 Å².